The number of hydrogen-bond donors (Lipinski definition) is 4. The predicted molar refractivity (Wildman–Crippen MR) is 60.0 cm³/mol. The first-order valence-electron chi connectivity index (χ1n) is 5.11. The largest absolute Gasteiger partial charge is 0.497 e. The Labute approximate surface area is 99.5 Å². The van der Waals surface area contributed by atoms with E-state index in [0.29, 0.717) is 0 Å². The minimum atomic E-state index is -1.65. The van der Waals surface area contributed by atoms with Crippen LogP contribution in [0.5, 0.6) is 0 Å². The van der Waals surface area contributed by atoms with Gasteiger partial charge in [0.25, 0.3) is 0 Å². The van der Waals surface area contributed by atoms with Crippen molar-refractivity contribution < 1.29 is 30.0 Å². The van der Waals surface area contributed by atoms with Crippen molar-refractivity contribution in [2.45, 2.75) is 31.3 Å². The van der Waals surface area contributed by atoms with Gasteiger partial charge in [0.05, 0.1) is 12.4 Å². The van der Waals surface area contributed by atoms with Crippen LogP contribution in [0, 0.1) is 0 Å². The predicted octanol–water partition coefficient (Wildman–Crippen LogP) is -1.26. The van der Waals surface area contributed by atoms with Crippen LogP contribution in [0.4, 0.5) is 0 Å². The van der Waals surface area contributed by atoms with Gasteiger partial charge in [0.2, 0.25) is 0 Å². The number of carbonyl (C=O) groups is 1. The van der Waals surface area contributed by atoms with E-state index < -0.39 is 24.4 Å². The Kier molecular flexibility index (Phi) is 8.25. The second-order valence-corrected chi connectivity index (χ2v) is 3.44. The standard InChI is InChI=1S/C6H12O5.C5H6O/c1-3(8)5(10)6(11)4(9)2-7;1-2-4-6-5-3-1/h2-6,8-11H,1H3;1-4H,5H2. The summed E-state index contributed by atoms with van der Waals surface area (Å²) in [5.41, 5.74) is 0. The van der Waals surface area contributed by atoms with E-state index in [-0.39, 0.29) is 6.29 Å². The van der Waals surface area contributed by atoms with Crippen molar-refractivity contribution in [1.82, 2.24) is 0 Å². The monoisotopic (exact) mass is 246 g/mol. The molecule has 6 nitrogen and oxygen atoms in total. The van der Waals surface area contributed by atoms with Crippen LogP contribution in [-0.2, 0) is 9.53 Å². The van der Waals surface area contributed by atoms with E-state index in [2.05, 4.69) is 0 Å². The summed E-state index contributed by atoms with van der Waals surface area (Å²) in [5.74, 6) is 0. The van der Waals surface area contributed by atoms with Crippen molar-refractivity contribution in [3.63, 3.8) is 0 Å². The summed E-state index contributed by atoms with van der Waals surface area (Å²) in [5, 5.41) is 35.1. The fourth-order valence-corrected chi connectivity index (χ4v) is 0.914. The molecule has 0 saturated carbocycles. The zero-order valence-corrected chi connectivity index (χ0v) is 9.51. The molecule has 0 amide bonds. The van der Waals surface area contributed by atoms with E-state index in [1.165, 1.54) is 6.92 Å². The number of rotatable bonds is 4. The van der Waals surface area contributed by atoms with Gasteiger partial charge in [-0.05, 0) is 19.1 Å². The summed E-state index contributed by atoms with van der Waals surface area (Å²) in [6.07, 6.45) is 1.59. The Hall–Kier alpha value is -1.21. The van der Waals surface area contributed by atoms with Gasteiger partial charge in [-0.3, -0.25) is 0 Å². The molecule has 6 heteroatoms. The average molecular weight is 246 g/mol. The van der Waals surface area contributed by atoms with E-state index in [1.54, 1.807) is 6.26 Å². The molecule has 0 aromatic heterocycles. The topological polar surface area (TPSA) is 107 Å². The average Bonchev–Trinajstić information content (AvgIpc) is 2.38. The molecule has 0 bridgehead atoms. The van der Waals surface area contributed by atoms with Crippen LogP contribution >= 0.6 is 0 Å². The van der Waals surface area contributed by atoms with Crippen LogP contribution in [0.1, 0.15) is 6.92 Å². The van der Waals surface area contributed by atoms with Crippen molar-refractivity contribution in [2.24, 2.45) is 0 Å². The van der Waals surface area contributed by atoms with Crippen LogP contribution in [0.15, 0.2) is 24.5 Å². The summed E-state index contributed by atoms with van der Waals surface area (Å²) in [6.45, 7) is 1.97. The Morgan fingerprint density at radius 1 is 1.18 bits per heavy atom. The molecule has 17 heavy (non-hydrogen) atoms. The third-order valence-corrected chi connectivity index (χ3v) is 1.95. The molecule has 0 saturated heterocycles. The number of carbonyl (C=O) groups excluding carboxylic acids is 1. The first kappa shape index (κ1) is 15.8. The third kappa shape index (κ3) is 6.85. The van der Waals surface area contributed by atoms with Crippen LogP contribution in [-0.4, -0.2) is 57.7 Å². The molecule has 0 radical (unpaired) electrons. The minimum absolute atomic E-state index is 0.0935. The first-order valence-corrected chi connectivity index (χ1v) is 5.11. The van der Waals surface area contributed by atoms with Crippen molar-refractivity contribution in [1.29, 1.82) is 0 Å². The molecule has 1 heterocycles. The van der Waals surface area contributed by atoms with Gasteiger partial charge in [-0.25, -0.2) is 0 Å². The smallest absolute Gasteiger partial charge is 0.151 e. The second-order valence-electron chi connectivity index (χ2n) is 3.44. The lowest BCUT2D eigenvalue weighted by Gasteiger charge is -2.21. The third-order valence-electron chi connectivity index (χ3n) is 1.95. The fourth-order valence-electron chi connectivity index (χ4n) is 0.914. The molecule has 0 aromatic rings. The molecule has 98 valence electrons. The van der Waals surface area contributed by atoms with Gasteiger partial charge >= 0.3 is 0 Å². The van der Waals surface area contributed by atoms with Gasteiger partial charge in [-0.2, -0.15) is 0 Å². The summed E-state index contributed by atoms with van der Waals surface area (Å²) < 4.78 is 4.80. The highest BCUT2D eigenvalue weighted by Crippen LogP contribution is 2.02. The van der Waals surface area contributed by atoms with Crippen molar-refractivity contribution in [3.05, 3.63) is 24.5 Å². The lowest BCUT2D eigenvalue weighted by atomic mass is 10.1. The van der Waals surface area contributed by atoms with Crippen LogP contribution in [0.3, 0.4) is 0 Å². The first-order chi connectivity index (χ1) is 8.00. The molecule has 0 spiro atoms. The maximum Gasteiger partial charge on any atom is 0.151 e. The molecule has 1 aliphatic rings. The molecule has 1 aliphatic heterocycles. The number of aldehydes is 1. The van der Waals surface area contributed by atoms with Gasteiger partial charge in [0.15, 0.2) is 6.29 Å². The van der Waals surface area contributed by atoms with E-state index >= 15 is 0 Å². The molecule has 0 aliphatic carbocycles. The van der Waals surface area contributed by atoms with E-state index in [0.717, 1.165) is 6.61 Å². The molecular weight excluding hydrogens is 228 g/mol. The van der Waals surface area contributed by atoms with Gasteiger partial charge in [0.1, 0.15) is 24.9 Å². The van der Waals surface area contributed by atoms with Crippen LogP contribution < -0.4 is 0 Å². The number of aliphatic hydroxyl groups is 4. The fraction of sp³-hybridized carbons (Fsp3) is 0.545. The zero-order chi connectivity index (χ0) is 13.3. The van der Waals surface area contributed by atoms with Crippen molar-refractivity contribution >= 4 is 6.29 Å². The number of aliphatic hydroxyl groups excluding tert-OH is 4. The van der Waals surface area contributed by atoms with E-state index in [9.17, 15) is 4.79 Å². The maximum absolute atomic E-state index is 9.87. The van der Waals surface area contributed by atoms with Gasteiger partial charge in [-0.15, -0.1) is 0 Å². The summed E-state index contributed by atoms with van der Waals surface area (Å²) >= 11 is 0. The van der Waals surface area contributed by atoms with Gasteiger partial charge in [0, 0.05) is 0 Å². The Morgan fingerprint density at radius 3 is 2.06 bits per heavy atom. The Bertz CT molecular complexity index is 249. The highest BCUT2D eigenvalue weighted by Gasteiger charge is 2.27. The van der Waals surface area contributed by atoms with Crippen molar-refractivity contribution in [3.8, 4) is 0 Å². The summed E-state index contributed by atoms with van der Waals surface area (Å²) in [6, 6.07) is 0. The highest BCUT2D eigenvalue weighted by atomic mass is 16.5. The molecular formula is C11H18O6. The maximum atomic E-state index is 9.87. The highest BCUT2D eigenvalue weighted by molar-refractivity contribution is 5.56. The summed E-state index contributed by atoms with van der Waals surface area (Å²) in [4.78, 5) is 9.87. The quantitative estimate of drug-likeness (QED) is 0.461. The minimum Gasteiger partial charge on any atom is -0.497 e. The normalized spacial score (nSPS) is 20.3. The second kappa shape index (κ2) is 8.89. The lowest BCUT2D eigenvalue weighted by Crippen LogP contribution is -2.43. The summed E-state index contributed by atoms with van der Waals surface area (Å²) in [7, 11) is 0. The number of hydrogen-bond acceptors (Lipinski definition) is 6. The SMILES string of the molecule is C1=CCOC=C1.CC(O)C(O)C(O)C(O)C=O. The van der Waals surface area contributed by atoms with E-state index in [4.69, 9.17) is 25.2 Å². The van der Waals surface area contributed by atoms with Gasteiger partial charge < -0.3 is 30.0 Å². The molecule has 0 aromatic carbocycles. The number of allylic oxidation sites excluding steroid dienone is 2. The zero-order valence-electron chi connectivity index (χ0n) is 9.51. The van der Waals surface area contributed by atoms with Crippen molar-refractivity contribution in [2.75, 3.05) is 6.61 Å². The number of ether oxygens (including phenoxy) is 1. The van der Waals surface area contributed by atoms with E-state index in [1.807, 2.05) is 18.2 Å². The molecule has 1 rings (SSSR count). The molecule has 0 fully saturated rings. The van der Waals surface area contributed by atoms with Gasteiger partial charge in [-0.1, -0.05) is 6.08 Å². The molecule has 4 atom stereocenters. The Balaban J connectivity index is 0.000000354. The van der Waals surface area contributed by atoms with Crippen LogP contribution in [0.25, 0.3) is 0 Å². The van der Waals surface area contributed by atoms with Crippen LogP contribution in [0.2, 0.25) is 0 Å². The molecule has 4 unspecified atom stereocenters. The lowest BCUT2D eigenvalue weighted by molar-refractivity contribution is -0.132. The Morgan fingerprint density at radius 2 is 1.82 bits per heavy atom. The molecule has 4 N–H and O–H groups in total.